The lowest BCUT2D eigenvalue weighted by atomic mass is 10.0. The zero-order valence-electron chi connectivity index (χ0n) is 11.1. The molecule has 1 aromatic heterocycles. The highest BCUT2D eigenvalue weighted by atomic mass is 16.5. The number of nitrogens with zero attached hydrogens (tertiary/aromatic N) is 1. The molecule has 0 saturated heterocycles. The summed E-state index contributed by atoms with van der Waals surface area (Å²) in [6.07, 6.45) is 3.58. The van der Waals surface area contributed by atoms with Crippen LogP contribution in [-0.4, -0.2) is 37.0 Å². The van der Waals surface area contributed by atoms with E-state index in [0.717, 1.165) is 16.3 Å². The minimum absolute atomic E-state index is 0.515. The van der Waals surface area contributed by atoms with Crippen molar-refractivity contribution in [2.45, 2.75) is 12.5 Å². The van der Waals surface area contributed by atoms with Crippen molar-refractivity contribution >= 4 is 10.8 Å². The Hall–Kier alpha value is -1.49. The Labute approximate surface area is 113 Å². The molecule has 0 saturated carbocycles. The minimum atomic E-state index is -0.532. The number of aliphatic hydroxyl groups excluding tert-OH is 1. The summed E-state index contributed by atoms with van der Waals surface area (Å²) in [4.78, 5) is 4.12. The first-order valence-electron chi connectivity index (χ1n) is 6.40. The van der Waals surface area contributed by atoms with Gasteiger partial charge in [-0.25, -0.2) is 0 Å². The van der Waals surface area contributed by atoms with Gasteiger partial charge in [0, 0.05) is 37.9 Å². The third-order valence-corrected chi connectivity index (χ3v) is 3.04. The smallest absolute Gasteiger partial charge is 0.0818 e. The van der Waals surface area contributed by atoms with Gasteiger partial charge in [-0.2, -0.15) is 0 Å². The fourth-order valence-corrected chi connectivity index (χ4v) is 2.02. The van der Waals surface area contributed by atoms with Gasteiger partial charge in [-0.1, -0.05) is 18.2 Å². The summed E-state index contributed by atoms with van der Waals surface area (Å²) in [7, 11) is 1.64. The molecule has 0 radical (unpaired) electrons. The molecule has 102 valence electrons. The monoisotopic (exact) mass is 261 g/mol. The van der Waals surface area contributed by atoms with Crippen LogP contribution in [0.1, 0.15) is 18.1 Å². The molecule has 1 atom stereocenters. The van der Waals surface area contributed by atoms with E-state index in [9.17, 15) is 5.11 Å². The molecule has 4 heteroatoms. The fraction of sp³-hybridized carbons (Fsp3) is 0.400. The standard InChI is InChI=1S/C15H19NO3/c1-18-9-10-19-8-6-15(17)13-4-2-3-12-5-7-16-11-14(12)13/h2-5,7,11,15,17H,6,8-10H2,1H3. The molecule has 1 unspecified atom stereocenters. The van der Waals surface area contributed by atoms with Gasteiger partial charge in [0.05, 0.1) is 19.3 Å². The summed E-state index contributed by atoms with van der Waals surface area (Å²) < 4.78 is 10.3. The van der Waals surface area contributed by atoms with Crippen molar-refractivity contribution in [3.8, 4) is 0 Å². The lowest BCUT2D eigenvalue weighted by Gasteiger charge is -2.13. The Bertz CT molecular complexity index is 510. The summed E-state index contributed by atoms with van der Waals surface area (Å²) in [5, 5.41) is 12.3. The van der Waals surface area contributed by atoms with E-state index in [-0.39, 0.29) is 0 Å². The van der Waals surface area contributed by atoms with E-state index in [2.05, 4.69) is 4.98 Å². The predicted octanol–water partition coefficient (Wildman–Crippen LogP) is 2.32. The Morgan fingerprint density at radius 1 is 1.21 bits per heavy atom. The molecule has 2 rings (SSSR count). The third-order valence-electron chi connectivity index (χ3n) is 3.04. The number of ether oxygens (including phenoxy) is 2. The molecule has 0 amide bonds. The summed E-state index contributed by atoms with van der Waals surface area (Å²) in [6.45, 7) is 1.65. The average Bonchev–Trinajstić information content (AvgIpc) is 2.46. The third kappa shape index (κ3) is 3.73. The number of benzene rings is 1. The van der Waals surface area contributed by atoms with Crippen LogP contribution < -0.4 is 0 Å². The van der Waals surface area contributed by atoms with Crippen molar-refractivity contribution in [3.05, 3.63) is 42.2 Å². The molecule has 1 aromatic carbocycles. The van der Waals surface area contributed by atoms with Crippen LogP contribution >= 0.6 is 0 Å². The van der Waals surface area contributed by atoms with Crippen molar-refractivity contribution in [2.75, 3.05) is 26.9 Å². The van der Waals surface area contributed by atoms with Crippen LogP contribution in [0, 0.1) is 0 Å². The Morgan fingerprint density at radius 2 is 2.11 bits per heavy atom. The number of hydrogen-bond acceptors (Lipinski definition) is 4. The van der Waals surface area contributed by atoms with Gasteiger partial charge in [-0.05, 0) is 17.0 Å². The number of rotatable bonds is 7. The van der Waals surface area contributed by atoms with Crippen LogP contribution in [0.15, 0.2) is 36.7 Å². The van der Waals surface area contributed by atoms with E-state index in [0.29, 0.717) is 26.2 Å². The molecule has 0 aliphatic rings. The van der Waals surface area contributed by atoms with Gasteiger partial charge in [0.1, 0.15) is 0 Å². The van der Waals surface area contributed by atoms with Gasteiger partial charge in [-0.3, -0.25) is 4.98 Å². The number of hydrogen-bond donors (Lipinski definition) is 1. The predicted molar refractivity (Wildman–Crippen MR) is 74.0 cm³/mol. The molecule has 0 aliphatic heterocycles. The number of fused-ring (bicyclic) bond motifs is 1. The van der Waals surface area contributed by atoms with E-state index >= 15 is 0 Å². The lowest BCUT2D eigenvalue weighted by molar-refractivity contribution is 0.0478. The number of aliphatic hydroxyl groups is 1. The zero-order chi connectivity index (χ0) is 13.5. The molecule has 1 N–H and O–H groups in total. The second-order valence-corrected chi connectivity index (χ2v) is 4.35. The van der Waals surface area contributed by atoms with Gasteiger partial charge in [-0.15, -0.1) is 0 Å². The van der Waals surface area contributed by atoms with Gasteiger partial charge in [0.15, 0.2) is 0 Å². The maximum atomic E-state index is 10.2. The molecule has 19 heavy (non-hydrogen) atoms. The molecular formula is C15H19NO3. The Morgan fingerprint density at radius 3 is 2.95 bits per heavy atom. The van der Waals surface area contributed by atoms with Gasteiger partial charge < -0.3 is 14.6 Å². The fourth-order valence-electron chi connectivity index (χ4n) is 2.02. The van der Waals surface area contributed by atoms with Gasteiger partial charge in [0.2, 0.25) is 0 Å². The largest absolute Gasteiger partial charge is 0.388 e. The minimum Gasteiger partial charge on any atom is -0.388 e. The molecule has 2 aromatic rings. The highest BCUT2D eigenvalue weighted by molar-refractivity contribution is 5.85. The van der Waals surface area contributed by atoms with E-state index in [1.807, 2.05) is 24.3 Å². The molecule has 1 heterocycles. The van der Waals surface area contributed by atoms with Gasteiger partial charge >= 0.3 is 0 Å². The molecule has 0 aliphatic carbocycles. The summed E-state index contributed by atoms with van der Waals surface area (Å²) in [5.41, 5.74) is 0.904. The maximum absolute atomic E-state index is 10.2. The van der Waals surface area contributed by atoms with Crippen LogP contribution in [-0.2, 0) is 9.47 Å². The molecule has 0 spiro atoms. The Kier molecular flexibility index (Phi) is 5.27. The first-order chi connectivity index (χ1) is 9.33. The van der Waals surface area contributed by atoms with Crippen molar-refractivity contribution in [1.82, 2.24) is 4.98 Å². The molecule has 0 bridgehead atoms. The second-order valence-electron chi connectivity index (χ2n) is 4.35. The SMILES string of the molecule is COCCOCCC(O)c1cccc2ccncc12. The van der Waals surface area contributed by atoms with Gasteiger partial charge in [0.25, 0.3) is 0 Å². The van der Waals surface area contributed by atoms with E-state index < -0.39 is 6.10 Å². The van der Waals surface area contributed by atoms with Crippen LogP contribution in [0.4, 0.5) is 0 Å². The lowest BCUT2D eigenvalue weighted by Crippen LogP contribution is -2.07. The quantitative estimate of drug-likeness (QED) is 0.777. The number of methoxy groups -OCH3 is 1. The van der Waals surface area contributed by atoms with E-state index in [1.54, 1.807) is 19.5 Å². The van der Waals surface area contributed by atoms with Crippen molar-refractivity contribution in [2.24, 2.45) is 0 Å². The normalized spacial score (nSPS) is 12.7. The zero-order valence-corrected chi connectivity index (χ0v) is 11.1. The van der Waals surface area contributed by atoms with E-state index in [4.69, 9.17) is 9.47 Å². The van der Waals surface area contributed by atoms with Crippen LogP contribution in [0.5, 0.6) is 0 Å². The van der Waals surface area contributed by atoms with Crippen molar-refractivity contribution in [3.63, 3.8) is 0 Å². The average molecular weight is 261 g/mol. The maximum Gasteiger partial charge on any atom is 0.0818 e. The Balaban J connectivity index is 1.99. The second kappa shape index (κ2) is 7.19. The molecule has 0 fully saturated rings. The first-order valence-corrected chi connectivity index (χ1v) is 6.40. The van der Waals surface area contributed by atoms with Crippen LogP contribution in [0.3, 0.4) is 0 Å². The highest BCUT2D eigenvalue weighted by Gasteiger charge is 2.10. The molecule has 4 nitrogen and oxygen atoms in total. The van der Waals surface area contributed by atoms with Crippen LogP contribution in [0.2, 0.25) is 0 Å². The first kappa shape index (κ1) is 13.9. The summed E-state index contributed by atoms with van der Waals surface area (Å²) in [6, 6.07) is 7.85. The van der Waals surface area contributed by atoms with Crippen molar-refractivity contribution in [1.29, 1.82) is 0 Å². The highest BCUT2D eigenvalue weighted by Crippen LogP contribution is 2.25. The van der Waals surface area contributed by atoms with E-state index in [1.165, 1.54) is 0 Å². The number of pyridine rings is 1. The number of aromatic nitrogens is 1. The van der Waals surface area contributed by atoms with Crippen LogP contribution in [0.25, 0.3) is 10.8 Å². The molecular weight excluding hydrogens is 242 g/mol. The topological polar surface area (TPSA) is 51.6 Å². The summed E-state index contributed by atoms with van der Waals surface area (Å²) in [5.74, 6) is 0. The van der Waals surface area contributed by atoms with Crippen molar-refractivity contribution < 1.29 is 14.6 Å². The summed E-state index contributed by atoms with van der Waals surface area (Å²) >= 11 is 0.